The van der Waals surface area contributed by atoms with Gasteiger partial charge in [0, 0.05) is 42.5 Å². The van der Waals surface area contributed by atoms with Crippen LogP contribution in [0.2, 0.25) is 5.02 Å². The molecule has 33 heavy (non-hydrogen) atoms. The smallest absolute Gasteiger partial charge is 0.269 e. The monoisotopic (exact) mass is 465 g/mol. The van der Waals surface area contributed by atoms with E-state index in [0.717, 1.165) is 42.7 Å². The van der Waals surface area contributed by atoms with Crippen LogP contribution in [0.5, 0.6) is 0 Å². The predicted molar refractivity (Wildman–Crippen MR) is 131 cm³/mol. The number of anilines is 2. The van der Waals surface area contributed by atoms with Crippen molar-refractivity contribution >= 4 is 40.6 Å². The SMILES string of the molecule is Cc1cc([N+](=O)[O-])ccc1-c1ccc(/C=C/C(=O)Nc2ccc(N3CCCCC3)c(Cl)c2)o1. The van der Waals surface area contributed by atoms with Gasteiger partial charge in [-0.15, -0.1) is 0 Å². The van der Waals surface area contributed by atoms with E-state index in [2.05, 4.69) is 10.2 Å². The van der Waals surface area contributed by atoms with Crippen LogP contribution in [-0.4, -0.2) is 23.9 Å². The molecule has 1 aromatic heterocycles. The van der Waals surface area contributed by atoms with Crippen molar-refractivity contribution in [3.8, 4) is 11.3 Å². The van der Waals surface area contributed by atoms with Crippen LogP contribution in [0.4, 0.5) is 17.1 Å². The summed E-state index contributed by atoms with van der Waals surface area (Å²) in [6, 6.07) is 13.7. The number of halogens is 1. The molecular weight excluding hydrogens is 442 g/mol. The van der Waals surface area contributed by atoms with Gasteiger partial charge >= 0.3 is 0 Å². The van der Waals surface area contributed by atoms with E-state index in [1.54, 1.807) is 37.3 Å². The van der Waals surface area contributed by atoms with Crippen molar-refractivity contribution < 1.29 is 14.1 Å². The van der Waals surface area contributed by atoms with Gasteiger partial charge in [0.15, 0.2) is 0 Å². The summed E-state index contributed by atoms with van der Waals surface area (Å²) in [5.74, 6) is 0.764. The van der Waals surface area contributed by atoms with Crippen LogP contribution in [-0.2, 0) is 4.79 Å². The minimum Gasteiger partial charge on any atom is -0.457 e. The van der Waals surface area contributed by atoms with E-state index in [-0.39, 0.29) is 11.6 Å². The molecule has 3 aromatic rings. The van der Waals surface area contributed by atoms with E-state index in [1.165, 1.54) is 24.6 Å². The molecule has 0 bridgehead atoms. The first-order valence-corrected chi connectivity index (χ1v) is 11.2. The van der Waals surface area contributed by atoms with Crippen molar-refractivity contribution in [2.24, 2.45) is 0 Å². The molecule has 0 unspecified atom stereocenters. The van der Waals surface area contributed by atoms with Crippen molar-refractivity contribution in [2.75, 3.05) is 23.3 Å². The molecule has 1 aliphatic heterocycles. The van der Waals surface area contributed by atoms with Crippen LogP contribution >= 0.6 is 11.6 Å². The first-order chi connectivity index (χ1) is 15.9. The normalized spacial score (nSPS) is 13.9. The molecule has 1 amide bonds. The maximum absolute atomic E-state index is 12.4. The number of furan rings is 1. The number of non-ortho nitro benzene ring substituents is 1. The molecule has 4 rings (SSSR count). The Kier molecular flexibility index (Phi) is 6.79. The van der Waals surface area contributed by atoms with Crippen molar-refractivity contribution in [2.45, 2.75) is 26.2 Å². The molecule has 0 spiro atoms. The first kappa shape index (κ1) is 22.6. The number of nitrogens with one attached hydrogen (secondary N) is 1. The Bertz CT molecular complexity index is 1210. The van der Waals surface area contributed by atoms with Crippen LogP contribution in [0.1, 0.15) is 30.6 Å². The molecule has 1 saturated heterocycles. The molecule has 2 heterocycles. The Hall–Kier alpha value is -3.58. The number of benzene rings is 2. The highest BCUT2D eigenvalue weighted by Crippen LogP contribution is 2.31. The Balaban J connectivity index is 1.40. The number of nitro groups is 1. The number of nitro benzene ring substituents is 1. The van der Waals surface area contributed by atoms with Gasteiger partial charge in [0.25, 0.3) is 5.69 Å². The number of hydrogen-bond acceptors (Lipinski definition) is 5. The molecule has 0 saturated carbocycles. The fourth-order valence-electron chi connectivity index (χ4n) is 3.94. The highest BCUT2D eigenvalue weighted by molar-refractivity contribution is 6.33. The molecule has 8 heteroatoms. The zero-order valence-electron chi connectivity index (χ0n) is 18.2. The molecule has 1 N–H and O–H groups in total. The predicted octanol–water partition coefficient (Wildman–Crippen LogP) is 6.46. The summed E-state index contributed by atoms with van der Waals surface area (Å²) in [7, 11) is 0. The van der Waals surface area contributed by atoms with Gasteiger partial charge in [0.05, 0.1) is 15.6 Å². The number of carbonyl (C=O) groups is 1. The van der Waals surface area contributed by atoms with Crippen LogP contribution in [0.25, 0.3) is 17.4 Å². The number of piperidine rings is 1. The summed E-state index contributed by atoms with van der Waals surface area (Å²) in [4.78, 5) is 25.1. The number of nitrogens with zero attached hydrogens (tertiary/aromatic N) is 2. The quantitative estimate of drug-likeness (QED) is 0.256. The summed E-state index contributed by atoms with van der Waals surface area (Å²) in [6.45, 7) is 3.78. The van der Waals surface area contributed by atoms with E-state index in [0.29, 0.717) is 22.2 Å². The molecule has 0 atom stereocenters. The van der Waals surface area contributed by atoms with Crippen LogP contribution in [0, 0.1) is 17.0 Å². The number of amides is 1. The van der Waals surface area contributed by atoms with Gasteiger partial charge in [0.1, 0.15) is 11.5 Å². The molecule has 0 radical (unpaired) electrons. The van der Waals surface area contributed by atoms with E-state index in [4.69, 9.17) is 16.0 Å². The molecular formula is C25H24ClN3O4. The van der Waals surface area contributed by atoms with Crippen LogP contribution < -0.4 is 10.2 Å². The third-order valence-corrected chi connectivity index (χ3v) is 5.93. The van der Waals surface area contributed by atoms with Gasteiger partial charge in [-0.1, -0.05) is 11.6 Å². The van der Waals surface area contributed by atoms with Gasteiger partial charge in [-0.05, 0) is 74.2 Å². The van der Waals surface area contributed by atoms with Crippen LogP contribution in [0.3, 0.4) is 0 Å². The Labute approximate surface area is 196 Å². The maximum atomic E-state index is 12.4. The maximum Gasteiger partial charge on any atom is 0.269 e. The average molecular weight is 466 g/mol. The van der Waals surface area contributed by atoms with E-state index >= 15 is 0 Å². The van der Waals surface area contributed by atoms with E-state index in [9.17, 15) is 14.9 Å². The summed E-state index contributed by atoms with van der Waals surface area (Å²) >= 11 is 6.46. The Morgan fingerprint density at radius 2 is 1.91 bits per heavy atom. The molecule has 0 aliphatic carbocycles. The van der Waals surface area contributed by atoms with Crippen molar-refractivity contribution in [1.29, 1.82) is 0 Å². The van der Waals surface area contributed by atoms with Gasteiger partial charge in [0.2, 0.25) is 5.91 Å². The van der Waals surface area contributed by atoms with Gasteiger partial charge in [-0.25, -0.2) is 0 Å². The van der Waals surface area contributed by atoms with Gasteiger partial charge in [-0.3, -0.25) is 14.9 Å². The summed E-state index contributed by atoms with van der Waals surface area (Å²) in [6.07, 6.45) is 6.54. The highest BCUT2D eigenvalue weighted by atomic mass is 35.5. The fourth-order valence-corrected chi connectivity index (χ4v) is 4.24. The number of aryl methyl sites for hydroxylation is 1. The molecule has 7 nitrogen and oxygen atoms in total. The third kappa shape index (κ3) is 5.43. The lowest BCUT2D eigenvalue weighted by atomic mass is 10.1. The van der Waals surface area contributed by atoms with Crippen LogP contribution in [0.15, 0.2) is 59.0 Å². The topological polar surface area (TPSA) is 88.6 Å². The third-order valence-electron chi connectivity index (χ3n) is 5.62. The molecule has 1 fully saturated rings. The minimum atomic E-state index is -0.430. The number of carbonyl (C=O) groups excluding carboxylic acids is 1. The lowest BCUT2D eigenvalue weighted by Gasteiger charge is -2.29. The molecule has 2 aromatic carbocycles. The van der Waals surface area contributed by atoms with Crippen molar-refractivity contribution in [3.05, 3.63) is 81.1 Å². The summed E-state index contributed by atoms with van der Waals surface area (Å²) < 4.78 is 5.79. The fraction of sp³-hybridized carbons (Fsp3) is 0.240. The van der Waals surface area contributed by atoms with Gasteiger partial charge < -0.3 is 14.6 Å². The zero-order valence-corrected chi connectivity index (χ0v) is 19.0. The Morgan fingerprint density at radius 1 is 1.12 bits per heavy atom. The second kappa shape index (κ2) is 9.92. The Morgan fingerprint density at radius 3 is 2.61 bits per heavy atom. The molecule has 170 valence electrons. The largest absolute Gasteiger partial charge is 0.457 e. The van der Waals surface area contributed by atoms with E-state index < -0.39 is 4.92 Å². The average Bonchev–Trinajstić information content (AvgIpc) is 3.27. The number of hydrogen-bond donors (Lipinski definition) is 1. The summed E-state index contributed by atoms with van der Waals surface area (Å²) in [5, 5.41) is 14.4. The minimum absolute atomic E-state index is 0.0312. The molecule has 1 aliphatic rings. The van der Waals surface area contributed by atoms with Gasteiger partial charge in [-0.2, -0.15) is 0 Å². The zero-order chi connectivity index (χ0) is 23.4. The standard InChI is InChI=1S/C25H24ClN3O4/c1-17-15-19(29(31)32)6-9-21(17)24-11-7-20(33-24)8-12-25(30)27-18-5-10-23(22(26)16-18)28-13-3-2-4-14-28/h5-12,15-16H,2-4,13-14H2,1H3,(H,27,30)/b12-8+. The second-order valence-electron chi connectivity index (χ2n) is 7.99. The lowest BCUT2D eigenvalue weighted by molar-refractivity contribution is -0.384. The number of rotatable bonds is 6. The summed E-state index contributed by atoms with van der Waals surface area (Å²) in [5.41, 5.74) is 3.14. The second-order valence-corrected chi connectivity index (χ2v) is 8.40. The first-order valence-electron chi connectivity index (χ1n) is 10.8. The highest BCUT2D eigenvalue weighted by Gasteiger charge is 2.15. The van der Waals surface area contributed by atoms with E-state index in [1.807, 2.05) is 12.1 Å². The van der Waals surface area contributed by atoms with Crippen molar-refractivity contribution in [1.82, 2.24) is 0 Å². The van der Waals surface area contributed by atoms with Crippen molar-refractivity contribution in [3.63, 3.8) is 0 Å². The lowest BCUT2D eigenvalue weighted by Crippen LogP contribution is -2.29.